The van der Waals surface area contributed by atoms with Crippen molar-refractivity contribution in [2.45, 2.75) is 76.1 Å². The minimum atomic E-state index is -3.15. The second-order valence-corrected chi connectivity index (χ2v) is 8.06. The minimum absolute atomic E-state index is 0.113. The number of alkyl halides is 2. The molecule has 1 N–H and O–H groups in total. The van der Waals surface area contributed by atoms with Gasteiger partial charge in [0.05, 0.1) is 12.0 Å². The molecule has 7 heteroatoms. The molecule has 5 unspecified atom stereocenters. The van der Waals surface area contributed by atoms with Crippen molar-refractivity contribution in [3.63, 3.8) is 0 Å². The third-order valence-electron chi connectivity index (χ3n) is 6.05. The fourth-order valence-electron chi connectivity index (χ4n) is 4.41. The highest BCUT2D eigenvalue weighted by molar-refractivity contribution is 5.89. The number of carbonyl (C=O) groups excluding carboxylic acids is 2. The molecule has 0 bridgehead atoms. The number of esters is 2. The molecule has 3 rings (SSSR count). The van der Waals surface area contributed by atoms with Gasteiger partial charge in [-0.15, -0.1) is 0 Å². The minimum Gasteiger partial charge on any atom is -0.462 e. The first-order chi connectivity index (χ1) is 13.8. The summed E-state index contributed by atoms with van der Waals surface area (Å²) in [5, 5.41) is 10.0. The summed E-state index contributed by atoms with van der Waals surface area (Å²) in [4.78, 5) is 24.1. The number of ether oxygens (including phenoxy) is 2. The van der Waals surface area contributed by atoms with Crippen LogP contribution >= 0.6 is 0 Å². The number of aliphatic hydroxyl groups is 1. The van der Waals surface area contributed by atoms with E-state index in [2.05, 4.69) is 0 Å². The smallest absolute Gasteiger partial charge is 0.338 e. The van der Waals surface area contributed by atoms with Crippen LogP contribution < -0.4 is 0 Å². The number of hydrogen-bond acceptors (Lipinski definition) is 5. The second kappa shape index (κ2) is 9.20. The highest BCUT2D eigenvalue weighted by Gasteiger charge is 2.52. The summed E-state index contributed by atoms with van der Waals surface area (Å²) in [6, 6.07) is 8.54. The van der Waals surface area contributed by atoms with Gasteiger partial charge in [-0.1, -0.05) is 31.5 Å². The molecule has 1 saturated heterocycles. The maximum absolute atomic E-state index is 14.1. The molecule has 0 amide bonds. The van der Waals surface area contributed by atoms with Gasteiger partial charge in [-0.25, -0.2) is 13.6 Å². The van der Waals surface area contributed by atoms with E-state index in [4.69, 9.17) is 9.47 Å². The first-order valence-corrected chi connectivity index (χ1v) is 10.3. The molecule has 29 heavy (non-hydrogen) atoms. The largest absolute Gasteiger partial charge is 0.462 e. The van der Waals surface area contributed by atoms with Gasteiger partial charge < -0.3 is 14.6 Å². The third kappa shape index (κ3) is 5.13. The standard InChI is InChI=1S/C22H28F2O5/c1-2-3-11-22(23,24)19(25)10-9-15-16-12-20(26)28-18(16)13-17(15)29-21(27)14-7-5-4-6-8-14/h4-8,15-19,25H,2-3,9-13H2,1H3. The van der Waals surface area contributed by atoms with Crippen LogP contribution in [0, 0.1) is 11.8 Å². The van der Waals surface area contributed by atoms with Crippen molar-refractivity contribution in [3.8, 4) is 0 Å². The number of carbonyl (C=O) groups is 2. The predicted molar refractivity (Wildman–Crippen MR) is 101 cm³/mol. The summed E-state index contributed by atoms with van der Waals surface area (Å²) < 4.78 is 39.2. The first kappa shape index (κ1) is 21.7. The number of unbranched alkanes of at least 4 members (excludes halogenated alkanes) is 1. The van der Waals surface area contributed by atoms with Gasteiger partial charge in [0.15, 0.2) is 0 Å². The molecule has 1 aliphatic carbocycles. The normalized spacial score (nSPS) is 27.4. The van der Waals surface area contributed by atoms with E-state index in [-0.39, 0.29) is 49.6 Å². The molecule has 1 heterocycles. The average Bonchev–Trinajstić information content (AvgIpc) is 3.20. The van der Waals surface area contributed by atoms with E-state index in [9.17, 15) is 23.5 Å². The molecule has 1 saturated carbocycles. The number of aliphatic hydroxyl groups excluding tert-OH is 1. The molecule has 5 atom stereocenters. The molecule has 0 aromatic heterocycles. The van der Waals surface area contributed by atoms with E-state index < -0.39 is 24.1 Å². The zero-order valence-electron chi connectivity index (χ0n) is 16.6. The Bertz CT molecular complexity index is 708. The van der Waals surface area contributed by atoms with Gasteiger partial charge >= 0.3 is 11.9 Å². The lowest BCUT2D eigenvalue weighted by Crippen LogP contribution is -2.35. The molecule has 0 radical (unpaired) electrons. The summed E-state index contributed by atoms with van der Waals surface area (Å²) in [7, 11) is 0. The zero-order chi connectivity index (χ0) is 21.0. The summed E-state index contributed by atoms with van der Waals surface area (Å²) in [6.07, 6.45) is -1.33. The number of halogens is 2. The van der Waals surface area contributed by atoms with Crippen molar-refractivity contribution in [1.29, 1.82) is 0 Å². The van der Waals surface area contributed by atoms with E-state index in [1.807, 2.05) is 6.92 Å². The molecule has 2 aliphatic rings. The quantitative estimate of drug-likeness (QED) is 0.620. The highest BCUT2D eigenvalue weighted by Crippen LogP contribution is 2.45. The molecular formula is C22H28F2O5. The van der Waals surface area contributed by atoms with Crippen molar-refractivity contribution in [3.05, 3.63) is 35.9 Å². The average molecular weight is 410 g/mol. The summed E-state index contributed by atoms with van der Waals surface area (Å²) in [5.74, 6) is -4.41. The Morgan fingerprint density at radius 3 is 2.76 bits per heavy atom. The fourth-order valence-corrected chi connectivity index (χ4v) is 4.41. The number of rotatable bonds is 9. The SMILES string of the molecule is CCCCC(F)(F)C(O)CCC1C(OC(=O)c2ccccc2)CC2OC(=O)CC21. The number of fused-ring (bicyclic) bond motifs is 1. The summed E-state index contributed by atoms with van der Waals surface area (Å²) >= 11 is 0. The molecule has 1 aromatic rings. The van der Waals surface area contributed by atoms with Crippen molar-refractivity contribution < 1.29 is 33.0 Å². The van der Waals surface area contributed by atoms with Gasteiger partial charge in [-0.2, -0.15) is 0 Å². The second-order valence-electron chi connectivity index (χ2n) is 8.06. The molecule has 0 spiro atoms. The Balaban J connectivity index is 1.65. The Morgan fingerprint density at radius 1 is 1.34 bits per heavy atom. The van der Waals surface area contributed by atoms with Crippen LogP contribution in [0.3, 0.4) is 0 Å². The van der Waals surface area contributed by atoms with Crippen molar-refractivity contribution in [2.75, 3.05) is 0 Å². The lowest BCUT2D eigenvalue weighted by molar-refractivity contribution is -0.142. The monoisotopic (exact) mass is 410 g/mol. The van der Waals surface area contributed by atoms with Gasteiger partial charge in [-0.3, -0.25) is 4.79 Å². The van der Waals surface area contributed by atoms with Gasteiger partial charge in [0.2, 0.25) is 0 Å². The number of hydrogen-bond donors (Lipinski definition) is 1. The van der Waals surface area contributed by atoms with Crippen LogP contribution in [0.15, 0.2) is 30.3 Å². The molecule has 1 aromatic carbocycles. The van der Waals surface area contributed by atoms with Crippen LogP contribution in [-0.2, 0) is 14.3 Å². The summed E-state index contributed by atoms with van der Waals surface area (Å²) in [6.45, 7) is 1.82. The van der Waals surface area contributed by atoms with Crippen molar-refractivity contribution in [1.82, 2.24) is 0 Å². The van der Waals surface area contributed by atoms with E-state index in [1.54, 1.807) is 30.3 Å². The predicted octanol–water partition coefficient (Wildman–Crippen LogP) is 4.13. The Morgan fingerprint density at radius 2 is 2.07 bits per heavy atom. The zero-order valence-corrected chi connectivity index (χ0v) is 16.6. The Labute approximate surface area is 169 Å². The molecule has 1 aliphatic heterocycles. The van der Waals surface area contributed by atoms with E-state index in [0.29, 0.717) is 24.8 Å². The maximum atomic E-state index is 14.1. The summed E-state index contributed by atoms with van der Waals surface area (Å²) in [5.41, 5.74) is 0.409. The van der Waals surface area contributed by atoms with Crippen LogP contribution in [0.2, 0.25) is 0 Å². The van der Waals surface area contributed by atoms with Gasteiger partial charge in [0.25, 0.3) is 5.92 Å². The number of benzene rings is 1. The van der Waals surface area contributed by atoms with Crippen LogP contribution in [0.5, 0.6) is 0 Å². The van der Waals surface area contributed by atoms with Crippen LogP contribution in [-0.4, -0.2) is 41.3 Å². The third-order valence-corrected chi connectivity index (χ3v) is 6.05. The van der Waals surface area contributed by atoms with Gasteiger partial charge in [-0.05, 0) is 31.4 Å². The molecule has 5 nitrogen and oxygen atoms in total. The molecule has 2 fully saturated rings. The maximum Gasteiger partial charge on any atom is 0.338 e. The Kier molecular flexibility index (Phi) is 6.88. The van der Waals surface area contributed by atoms with E-state index in [1.165, 1.54) is 0 Å². The van der Waals surface area contributed by atoms with Crippen LogP contribution in [0.4, 0.5) is 8.78 Å². The van der Waals surface area contributed by atoms with Gasteiger partial charge in [0.1, 0.15) is 18.3 Å². The highest BCUT2D eigenvalue weighted by atomic mass is 19.3. The molecular weight excluding hydrogens is 382 g/mol. The van der Waals surface area contributed by atoms with E-state index >= 15 is 0 Å². The van der Waals surface area contributed by atoms with E-state index in [0.717, 1.165) is 0 Å². The van der Waals surface area contributed by atoms with Crippen LogP contribution in [0.25, 0.3) is 0 Å². The fraction of sp³-hybridized carbons (Fsp3) is 0.636. The van der Waals surface area contributed by atoms with Crippen molar-refractivity contribution >= 4 is 11.9 Å². The Hall–Kier alpha value is -2.02. The molecule has 160 valence electrons. The lowest BCUT2D eigenvalue weighted by atomic mass is 9.86. The van der Waals surface area contributed by atoms with Crippen LogP contribution in [0.1, 0.15) is 62.2 Å². The van der Waals surface area contributed by atoms with Gasteiger partial charge in [0, 0.05) is 24.7 Å². The first-order valence-electron chi connectivity index (χ1n) is 10.3. The lowest BCUT2D eigenvalue weighted by Gasteiger charge is -2.27. The topological polar surface area (TPSA) is 72.8 Å². The van der Waals surface area contributed by atoms with Crippen molar-refractivity contribution in [2.24, 2.45) is 11.8 Å².